The first kappa shape index (κ1) is 18.4. The fourth-order valence-electron chi connectivity index (χ4n) is 1.74. The first-order valence-corrected chi connectivity index (χ1v) is 7.82. The van der Waals surface area contributed by atoms with Crippen molar-refractivity contribution in [1.29, 1.82) is 0 Å². The monoisotopic (exact) mass is 412 g/mol. The van der Waals surface area contributed by atoms with Crippen molar-refractivity contribution in [2.24, 2.45) is 15.6 Å². The van der Waals surface area contributed by atoms with E-state index >= 15 is 0 Å². The Balaban J connectivity index is 2.26. The Labute approximate surface area is 149 Å². The molecule has 0 N–H and O–H groups in total. The van der Waals surface area contributed by atoms with Crippen LogP contribution in [0.4, 0.5) is 18.9 Å². The van der Waals surface area contributed by atoms with E-state index in [9.17, 15) is 13.2 Å². The van der Waals surface area contributed by atoms with Crippen molar-refractivity contribution in [3.8, 4) is 0 Å². The zero-order valence-electron chi connectivity index (χ0n) is 10.9. The van der Waals surface area contributed by atoms with Crippen molar-refractivity contribution in [3.05, 3.63) is 27.7 Å². The van der Waals surface area contributed by atoms with Gasteiger partial charge in [-0.15, -0.1) is 23.2 Å². The van der Waals surface area contributed by atoms with Crippen LogP contribution in [0.15, 0.2) is 22.4 Å². The molecule has 1 fully saturated rings. The quantitative estimate of drug-likeness (QED) is 0.283. The molecule has 0 saturated heterocycles. The molecular weight excluding hydrogens is 406 g/mol. The molecule has 10 heteroatoms. The lowest BCUT2D eigenvalue weighted by atomic mass is 10.1. The van der Waals surface area contributed by atoms with Crippen molar-refractivity contribution in [1.82, 2.24) is 0 Å². The summed E-state index contributed by atoms with van der Waals surface area (Å²) >= 11 is 29.5. The van der Waals surface area contributed by atoms with Gasteiger partial charge in [0, 0.05) is 5.41 Å². The van der Waals surface area contributed by atoms with E-state index in [1.165, 1.54) is 0 Å². The van der Waals surface area contributed by atoms with Gasteiger partial charge in [-0.25, -0.2) is 0 Å². The van der Waals surface area contributed by atoms with Gasteiger partial charge in [-0.2, -0.15) is 23.4 Å². The summed E-state index contributed by atoms with van der Waals surface area (Å²) in [6.07, 6.45) is -4.14. The van der Waals surface area contributed by atoms with Crippen LogP contribution in [0.1, 0.15) is 18.9 Å². The van der Waals surface area contributed by atoms with Crippen molar-refractivity contribution in [2.45, 2.75) is 29.4 Å². The van der Waals surface area contributed by atoms with Crippen LogP contribution in [0.3, 0.4) is 0 Å². The van der Waals surface area contributed by atoms with E-state index in [4.69, 9.17) is 58.0 Å². The molecule has 2 atom stereocenters. The average molecular weight is 414 g/mol. The van der Waals surface area contributed by atoms with Crippen molar-refractivity contribution >= 4 is 63.7 Å². The second kappa shape index (κ2) is 5.85. The molecule has 0 radical (unpaired) electrons. The minimum absolute atomic E-state index is 0.0963. The fourth-order valence-corrected chi connectivity index (χ4v) is 3.48. The Morgan fingerprint density at radius 2 is 1.64 bits per heavy atom. The lowest BCUT2D eigenvalue weighted by molar-refractivity contribution is -0.137. The van der Waals surface area contributed by atoms with Crippen molar-refractivity contribution in [3.63, 3.8) is 0 Å². The van der Waals surface area contributed by atoms with Gasteiger partial charge in [0.15, 0.2) is 5.50 Å². The molecule has 2 nitrogen and oxygen atoms in total. The zero-order chi connectivity index (χ0) is 16.9. The zero-order valence-corrected chi connectivity index (χ0v) is 14.6. The normalized spacial score (nSPS) is 25.5. The summed E-state index contributed by atoms with van der Waals surface area (Å²) in [6, 6.07) is 1.44. The number of azo groups is 1. The molecule has 1 aromatic rings. The van der Waals surface area contributed by atoms with Crippen LogP contribution in [0.25, 0.3) is 0 Å². The Morgan fingerprint density at radius 3 is 2.00 bits per heavy atom. The molecule has 0 spiro atoms. The highest BCUT2D eigenvalue weighted by atomic mass is 35.5. The fraction of sp³-hybridized carbons (Fsp3) is 0.500. The van der Waals surface area contributed by atoms with Gasteiger partial charge < -0.3 is 0 Å². The van der Waals surface area contributed by atoms with Gasteiger partial charge in [-0.3, -0.25) is 0 Å². The number of rotatable bonds is 3. The third-order valence-corrected chi connectivity index (χ3v) is 5.70. The third kappa shape index (κ3) is 3.44. The van der Waals surface area contributed by atoms with Gasteiger partial charge in [0.25, 0.3) is 0 Å². The minimum atomic E-state index is -4.56. The van der Waals surface area contributed by atoms with E-state index in [0.29, 0.717) is 6.42 Å². The Kier molecular flexibility index (Phi) is 4.89. The maximum atomic E-state index is 12.6. The molecular formula is C12H8Cl5F3N2. The number of alkyl halides is 6. The van der Waals surface area contributed by atoms with Crippen LogP contribution >= 0.6 is 58.0 Å². The Hall–Kier alpha value is 0.0600. The largest absolute Gasteiger partial charge is 0.416 e. The molecule has 1 aromatic carbocycles. The van der Waals surface area contributed by atoms with E-state index in [1.54, 1.807) is 6.92 Å². The maximum Gasteiger partial charge on any atom is 0.416 e. The predicted octanol–water partition coefficient (Wildman–Crippen LogP) is 7.24. The highest BCUT2D eigenvalue weighted by Crippen LogP contribution is 2.67. The van der Waals surface area contributed by atoms with E-state index in [2.05, 4.69) is 10.2 Å². The predicted molar refractivity (Wildman–Crippen MR) is 82.8 cm³/mol. The molecule has 0 amide bonds. The van der Waals surface area contributed by atoms with Gasteiger partial charge >= 0.3 is 6.18 Å². The van der Waals surface area contributed by atoms with Crippen LogP contribution in [-0.4, -0.2) is 9.83 Å². The van der Waals surface area contributed by atoms with E-state index < -0.39 is 27.0 Å². The third-order valence-electron chi connectivity index (χ3n) is 3.43. The van der Waals surface area contributed by atoms with Crippen LogP contribution in [0, 0.1) is 5.41 Å². The summed E-state index contributed by atoms with van der Waals surface area (Å²) in [5.41, 5.74) is -2.61. The number of hydrogen-bond acceptors (Lipinski definition) is 2. The summed E-state index contributed by atoms with van der Waals surface area (Å²) in [5.74, 6) is 0. The van der Waals surface area contributed by atoms with Crippen LogP contribution in [-0.2, 0) is 6.18 Å². The smallest absolute Gasteiger partial charge is 0.168 e. The van der Waals surface area contributed by atoms with E-state index in [1.807, 2.05) is 0 Å². The molecule has 0 heterocycles. The van der Waals surface area contributed by atoms with Gasteiger partial charge in [0.2, 0.25) is 0 Å². The highest BCUT2D eigenvalue weighted by Gasteiger charge is 2.67. The maximum absolute atomic E-state index is 12.6. The lowest BCUT2D eigenvalue weighted by Crippen LogP contribution is -2.16. The molecule has 0 aromatic heterocycles. The number of halogens is 8. The molecule has 0 aliphatic heterocycles. The Morgan fingerprint density at radius 1 is 1.18 bits per heavy atom. The summed E-state index contributed by atoms with van der Waals surface area (Å²) in [7, 11) is 0. The molecule has 0 bridgehead atoms. The number of benzene rings is 1. The number of hydrogen-bond donors (Lipinski definition) is 0. The topological polar surface area (TPSA) is 24.7 Å². The van der Waals surface area contributed by atoms with Crippen LogP contribution < -0.4 is 0 Å². The van der Waals surface area contributed by atoms with E-state index in [-0.39, 0.29) is 15.7 Å². The van der Waals surface area contributed by atoms with Crippen molar-refractivity contribution in [2.75, 3.05) is 0 Å². The van der Waals surface area contributed by atoms with Crippen molar-refractivity contribution < 1.29 is 13.2 Å². The summed E-state index contributed by atoms with van der Waals surface area (Å²) < 4.78 is 36.9. The molecule has 2 rings (SSSR count). The number of nitrogens with zero attached hydrogens (tertiary/aromatic N) is 2. The minimum Gasteiger partial charge on any atom is -0.168 e. The Bertz CT molecular complexity index is 609. The highest BCUT2D eigenvalue weighted by molar-refractivity contribution is 6.52. The molecule has 1 aliphatic rings. The summed E-state index contributed by atoms with van der Waals surface area (Å²) in [5, 5.41) is 6.99. The molecule has 1 saturated carbocycles. The standard InChI is InChI=1S/C12H8Cl5F3N2/c1-10(4-11(10,16)17)9(15)22-21-8-6(13)2-5(3-7(8)14)12(18,19)20/h2-3,9H,4H2,1H3. The second-order valence-corrected chi connectivity index (χ2v) is 7.85. The molecule has 122 valence electrons. The first-order valence-electron chi connectivity index (χ1n) is 5.87. The SMILES string of the molecule is CC1(C(Cl)N=Nc2c(Cl)cc(C(F)(F)F)cc2Cl)CC1(Cl)Cl. The van der Waals surface area contributed by atoms with Gasteiger partial charge in [-0.1, -0.05) is 41.7 Å². The van der Waals surface area contributed by atoms with E-state index in [0.717, 1.165) is 12.1 Å². The average Bonchev–Trinajstić information content (AvgIpc) is 2.87. The first-order chi connectivity index (χ1) is 9.88. The van der Waals surface area contributed by atoms with Crippen LogP contribution in [0.5, 0.6) is 0 Å². The summed E-state index contributed by atoms with van der Waals surface area (Å²) in [4.78, 5) is 0. The second-order valence-electron chi connectivity index (χ2n) is 5.14. The molecule has 2 unspecified atom stereocenters. The molecule has 22 heavy (non-hydrogen) atoms. The van der Waals surface area contributed by atoms with Crippen LogP contribution in [0.2, 0.25) is 10.0 Å². The lowest BCUT2D eigenvalue weighted by Gasteiger charge is -2.14. The van der Waals surface area contributed by atoms with Gasteiger partial charge in [-0.05, 0) is 18.6 Å². The van der Waals surface area contributed by atoms with Gasteiger partial charge in [0.05, 0.1) is 15.6 Å². The van der Waals surface area contributed by atoms with Gasteiger partial charge in [0.1, 0.15) is 10.0 Å². The molecule has 1 aliphatic carbocycles. The summed E-state index contributed by atoms with van der Waals surface area (Å²) in [6.45, 7) is 1.72.